The number of esters is 1. The van der Waals surface area contributed by atoms with Gasteiger partial charge in [0.05, 0.1) is 13.2 Å². The lowest BCUT2D eigenvalue weighted by Crippen LogP contribution is -2.09. The number of methoxy groups -OCH3 is 1. The highest BCUT2D eigenvalue weighted by Gasteiger charge is 2.23. The fraction of sp³-hybridized carbons (Fsp3) is 0.357. The van der Waals surface area contributed by atoms with Crippen LogP contribution in [0.2, 0.25) is 0 Å². The number of carbonyl (C=O) groups is 2. The molecule has 0 bridgehead atoms. The highest BCUT2D eigenvalue weighted by molar-refractivity contribution is 7.17. The number of anilines is 1. The molecule has 0 saturated carbocycles. The molecule has 1 atom stereocenters. The number of aromatic nitrogens is 1. The Labute approximate surface area is 131 Å². The summed E-state index contributed by atoms with van der Waals surface area (Å²) in [4.78, 5) is 29.0. The van der Waals surface area contributed by atoms with Crippen LogP contribution in [0.4, 0.5) is 5.13 Å². The van der Waals surface area contributed by atoms with Crippen molar-refractivity contribution in [1.29, 1.82) is 0 Å². The fourth-order valence-electron chi connectivity index (χ4n) is 1.87. The molecule has 0 amide bonds. The Hall–Kier alpha value is -1.73. The number of ether oxygens (including phenoxy) is 1. The van der Waals surface area contributed by atoms with Gasteiger partial charge in [-0.25, -0.2) is 9.78 Å². The summed E-state index contributed by atoms with van der Waals surface area (Å²) in [5, 5.41) is 5.86. The molecule has 2 heterocycles. The number of hydrogen-bond acceptors (Lipinski definition) is 7. The zero-order valence-electron chi connectivity index (χ0n) is 12.0. The Morgan fingerprint density at radius 3 is 2.76 bits per heavy atom. The van der Waals surface area contributed by atoms with Crippen LogP contribution in [-0.4, -0.2) is 23.8 Å². The van der Waals surface area contributed by atoms with Gasteiger partial charge in [0, 0.05) is 11.8 Å². The SMILES string of the molecule is CCC(Nc1nc(C(=O)OC)c(C(C)=O)s1)c1cccs1. The molecule has 0 aliphatic carbocycles. The molecule has 7 heteroatoms. The van der Waals surface area contributed by atoms with Gasteiger partial charge in [0.15, 0.2) is 16.6 Å². The third-order valence-corrected chi connectivity index (χ3v) is 4.99. The van der Waals surface area contributed by atoms with Crippen LogP contribution < -0.4 is 5.32 Å². The molecule has 0 fully saturated rings. The second-order valence-corrected chi connectivity index (χ2v) is 6.34. The summed E-state index contributed by atoms with van der Waals surface area (Å²) in [5.74, 6) is -0.779. The maximum atomic E-state index is 11.7. The molecular weight excluding hydrogens is 308 g/mol. The van der Waals surface area contributed by atoms with Gasteiger partial charge in [-0.1, -0.05) is 24.3 Å². The number of thiazole rings is 1. The number of thiophene rings is 1. The molecule has 1 N–H and O–H groups in total. The van der Waals surface area contributed by atoms with E-state index in [9.17, 15) is 9.59 Å². The minimum absolute atomic E-state index is 0.0820. The topological polar surface area (TPSA) is 68.3 Å². The summed E-state index contributed by atoms with van der Waals surface area (Å²) in [7, 11) is 1.28. The van der Waals surface area contributed by atoms with E-state index in [1.807, 2.05) is 17.5 Å². The lowest BCUT2D eigenvalue weighted by atomic mass is 10.2. The Bertz CT molecular complexity index is 635. The molecule has 0 aromatic carbocycles. The summed E-state index contributed by atoms with van der Waals surface area (Å²) >= 11 is 2.84. The third-order valence-electron chi connectivity index (χ3n) is 2.92. The van der Waals surface area contributed by atoms with Crippen molar-refractivity contribution >= 4 is 39.6 Å². The van der Waals surface area contributed by atoms with E-state index >= 15 is 0 Å². The molecule has 0 saturated heterocycles. The van der Waals surface area contributed by atoms with Crippen molar-refractivity contribution in [3.63, 3.8) is 0 Å². The van der Waals surface area contributed by atoms with Crippen molar-refractivity contribution in [2.75, 3.05) is 12.4 Å². The molecule has 0 spiro atoms. The molecule has 5 nitrogen and oxygen atoms in total. The van der Waals surface area contributed by atoms with E-state index in [2.05, 4.69) is 22.0 Å². The summed E-state index contributed by atoms with van der Waals surface area (Å²) < 4.78 is 4.67. The number of Topliss-reactive ketones (excluding diaryl/α,β-unsaturated/α-hetero) is 1. The quantitative estimate of drug-likeness (QED) is 0.647. The van der Waals surface area contributed by atoms with Crippen LogP contribution in [0.15, 0.2) is 17.5 Å². The van der Waals surface area contributed by atoms with Gasteiger partial charge in [-0.3, -0.25) is 4.79 Å². The van der Waals surface area contributed by atoms with Crippen LogP contribution in [0.3, 0.4) is 0 Å². The standard InChI is InChI=1S/C14H16N2O3S2/c1-4-9(10-6-5-7-20-10)15-14-16-11(13(18)19-3)12(21-14)8(2)17/h5-7,9H,4H2,1-3H3,(H,15,16). The van der Waals surface area contributed by atoms with Crippen molar-refractivity contribution < 1.29 is 14.3 Å². The first-order valence-electron chi connectivity index (χ1n) is 6.46. The lowest BCUT2D eigenvalue weighted by molar-refractivity contribution is 0.0591. The number of rotatable bonds is 6. The van der Waals surface area contributed by atoms with E-state index in [0.717, 1.165) is 6.42 Å². The monoisotopic (exact) mass is 324 g/mol. The van der Waals surface area contributed by atoms with Crippen LogP contribution in [0.5, 0.6) is 0 Å². The smallest absolute Gasteiger partial charge is 0.358 e. The maximum absolute atomic E-state index is 11.7. The predicted molar refractivity (Wildman–Crippen MR) is 84.4 cm³/mol. The van der Waals surface area contributed by atoms with Gasteiger partial charge in [-0.05, 0) is 17.9 Å². The zero-order chi connectivity index (χ0) is 15.4. The summed E-state index contributed by atoms with van der Waals surface area (Å²) in [6.07, 6.45) is 0.878. The number of ketones is 1. The van der Waals surface area contributed by atoms with Crippen molar-refractivity contribution in [2.45, 2.75) is 26.3 Å². The normalized spacial score (nSPS) is 12.0. The zero-order valence-corrected chi connectivity index (χ0v) is 13.6. The molecule has 2 rings (SSSR count). The van der Waals surface area contributed by atoms with Crippen LogP contribution in [0.25, 0.3) is 0 Å². The molecule has 0 aliphatic heterocycles. The van der Waals surface area contributed by atoms with Gasteiger partial charge in [0.1, 0.15) is 4.88 Å². The van der Waals surface area contributed by atoms with Gasteiger partial charge >= 0.3 is 5.97 Å². The number of hydrogen-bond donors (Lipinski definition) is 1. The second-order valence-electron chi connectivity index (χ2n) is 4.37. The Kier molecular flexibility index (Phi) is 5.08. The van der Waals surface area contributed by atoms with Crippen LogP contribution in [0.1, 0.15) is 51.3 Å². The lowest BCUT2D eigenvalue weighted by Gasteiger charge is -2.14. The van der Waals surface area contributed by atoms with Gasteiger partial charge in [-0.2, -0.15) is 0 Å². The minimum Gasteiger partial charge on any atom is -0.464 e. The molecule has 0 radical (unpaired) electrons. The summed E-state index contributed by atoms with van der Waals surface area (Å²) in [6.45, 7) is 3.48. The van der Waals surface area contributed by atoms with Gasteiger partial charge in [0.2, 0.25) is 0 Å². The fourth-order valence-corrected chi connectivity index (χ4v) is 3.63. The van der Waals surface area contributed by atoms with E-state index < -0.39 is 5.97 Å². The first kappa shape index (κ1) is 15.7. The van der Waals surface area contributed by atoms with Gasteiger partial charge in [0.25, 0.3) is 0 Å². The van der Waals surface area contributed by atoms with Crippen LogP contribution >= 0.6 is 22.7 Å². The Morgan fingerprint density at radius 2 is 2.24 bits per heavy atom. The molecule has 1 unspecified atom stereocenters. The average Bonchev–Trinajstić information content (AvgIpc) is 3.13. The molecule has 2 aromatic heterocycles. The van der Waals surface area contributed by atoms with Crippen molar-refractivity contribution in [1.82, 2.24) is 4.98 Å². The van der Waals surface area contributed by atoms with Gasteiger partial charge in [-0.15, -0.1) is 11.3 Å². The summed E-state index contributed by atoms with van der Waals surface area (Å²) in [5.41, 5.74) is 0.0820. The molecule has 2 aromatic rings. The summed E-state index contributed by atoms with van der Waals surface area (Å²) in [6, 6.07) is 4.15. The molecule has 21 heavy (non-hydrogen) atoms. The highest BCUT2D eigenvalue weighted by atomic mass is 32.1. The molecular formula is C14H16N2O3S2. The predicted octanol–water partition coefficient (Wildman–Crippen LogP) is 3.76. The minimum atomic E-state index is -0.589. The second kappa shape index (κ2) is 6.82. The largest absolute Gasteiger partial charge is 0.464 e. The number of carbonyl (C=O) groups excluding carboxylic acids is 2. The third kappa shape index (κ3) is 3.48. The molecule has 112 valence electrons. The van der Waals surface area contributed by atoms with E-state index in [1.165, 1.54) is 30.2 Å². The van der Waals surface area contributed by atoms with Crippen molar-refractivity contribution in [2.24, 2.45) is 0 Å². The average molecular weight is 324 g/mol. The maximum Gasteiger partial charge on any atom is 0.358 e. The van der Waals surface area contributed by atoms with E-state index in [4.69, 9.17) is 0 Å². The number of nitrogens with zero attached hydrogens (tertiary/aromatic N) is 1. The van der Waals surface area contributed by atoms with Crippen LogP contribution in [0, 0.1) is 0 Å². The van der Waals surface area contributed by atoms with Crippen molar-refractivity contribution in [3.05, 3.63) is 33.0 Å². The highest BCUT2D eigenvalue weighted by Crippen LogP contribution is 2.30. The first-order chi connectivity index (χ1) is 10.1. The first-order valence-corrected chi connectivity index (χ1v) is 8.16. The van der Waals surface area contributed by atoms with E-state index in [1.54, 1.807) is 11.3 Å². The number of nitrogens with one attached hydrogen (secondary N) is 1. The van der Waals surface area contributed by atoms with E-state index in [0.29, 0.717) is 10.0 Å². The van der Waals surface area contributed by atoms with Crippen LogP contribution in [-0.2, 0) is 4.74 Å². The van der Waals surface area contributed by atoms with Crippen molar-refractivity contribution in [3.8, 4) is 0 Å². The Balaban J connectivity index is 2.28. The van der Waals surface area contributed by atoms with E-state index in [-0.39, 0.29) is 17.5 Å². The molecule has 0 aliphatic rings. The Morgan fingerprint density at radius 1 is 1.48 bits per heavy atom. The van der Waals surface area contributed by atoms with Gasteiger partial charge < -0.3 is 10.1 Å².